The van der Waals surface area contributed by atoms with Gasteiger partial charge in [0, 0.05) is 65.7 Å². The maximum absolute atomic E-state index is 13.5. The molecule has 4 rings (SSSR count). The van der Waals surface area contributed by atoms with Crippen LogP contribution in [0.3, 0.4) is 0 Å². The first-order chi connectivity index (χ1) is 15.9. The molecule has 1 aliphatic rings. The van der Waals surface area contributed by atoms with Gasteiger partial charge in [0.05, 0.1) is 11.1 Å². The van der Waals surface area contributed by atoms with E-state index in [9.17, 15) is 9.59 Å². The Morgan fingerprint density at radius 2 is 1.85 bits per heavy atom. The standard InChI is InChI=1S/C26H27Cl2N3O2/c1-3-30(4-2)26(33)25-19-7-5-6-8-22(19)29-23-13-14-31(16-20(23)25)24(32)12-10-17-9-11-18(27)15-21(17)28/h5-9,11,15H,3-4,10,12-14,16H2,1-2H3. The van der Waals surface area contributed by atoms with Gasteiger partial charge in [0.15, 0.2) is 0 Å². The van der Waals surface area contributed by atoms with Crippen molar-refractivity contribution < 1.29 is 9.59 Å². The molecular weight excluding hydrogens is 457 g/mol. The predicted octanol–water partition coefficient (Wildman–Crippen LogP) is 5.54. The van der Waals surface area contributed by atoms with E-state index < -0.39 is 0 Å². The Morgan fingerprint density at radius 1 is 1.09 bits per heavy atom. The molecule has 0 saturated heterocycles. The van der Waals surface area contributed by atoms with Gasteiger partial charge in [-0.25, -0.2) is 0 Å². The number of halogens is 2. The molecular formula is C26H27Cl2N3O2. The molecule has 0 spiro atoms. The highest BCUT2D eigenvalue weighted by Gasteiger charge is 2.29. The second-order valence-electron chi connectivity index (χ2n) is 8.21. The minimum absolute atomic E-state index is 0.00269. The van der Waals surface area contributed by atoms with E-state index in [2.05, 4.69) is 0 Å². The van der Waals surface area contributed by atoms with Gasteiger partial charge in [0.1, 0.15) is 0 Å². The summed E-state index contributed by atoms with van der Waals surface area (Å²) in [5.41, 5.74) is 4.18. The van der Waals surface area contributed by atoms with Crippen LogP contribution in [0.15, 0.2) is 42.5 Å². The van der Waals surface area contributed by atoms with E-state index in [1.165, 1.54) is 0 Å². The monoisotopic (exact) mass is 483 g/mol. The Kier molecular flexibility index (Phi) is 7.20. The van der Waals surface area contributed by atoms with E-state index >= 15 is 0 Å². The van der Waals surface area contributed by atoms with Crippen LogP contribution in [-0.4, -0.2) is 46.2 Å². The fraction of sp³-hybridized carbons (Fsp3) is 0.346. The van der Waals surface area contributed by atoms with Gasteiger partial charge in [-0.3, -0.25) is 14.6 Å². The summed E-state index contributed by atoms with van der Waals surface area (Å²) in [6, 6.07) is 13.1. The molecule has 7 heteroatoms. The zero-order valence-electron chi connectivity index (χ0n) is 18.9. The highest BCUT2D eigenvalue weighted by Crippen LogP contribution is 2.30. The number of hydrogen-bond donors (Lipinski definition) is 0. The molecule has 2 amide bonds. The molecule has 2 aromatic carbocycles. The maximum atomic E-state index is 13.5. The van der Waals surface area contributed by atoms with Crippen LogP contribution in [0.25, 0.3) is 10.9 Å². The molecule has 0 bridgehead atoms. The number of fused-ring (bicyclic) bond motifs is 2. The van der Waals surface area contributed by atoms with Gasteiger partial charge in [-0.15, -0.1) is 0 Å². The van der Waals surface area contributed by atoms with Crippen LogP contribution >= 0.6 is 23.2 Å². The van der Waals surface area contributed by atoms with E-state index in [-0.39, 0.29) is 11.8 Å². The molecule has 1 aromatic heterocycles. The predicted molar refractivity (Wildman–Crippen MR) is 133 cm³/mol. The molecule has 5 nitrogen and oxygen atoms in total. The fourth-order valence-electron chi connectivity index (χ4n) is 4.44. The Balaban J connectivity index is 1.62. The van der Waals surface area contributed by atoms with E-state index in [4.69, 9.17) is 28.2 Å². The number of nitrogens with zero attached hydrogens (tertiary/aromatic N) is 3. The summed E-state index contributed by atoms with van der Waals surface area (Å²) < 4.78 is 0. The van der Waals surface area contributed by atoms with Crippen LogP contribution in [0.4, 0.5) is 0 Å². The lowest BCUT2D eigenvalue weighted by atomic mass is 9.94. The van der Waals surface area contributed by atoms with Crippen molar-refractivity contribution in [3.63, 3.8) is 0 Å². The number of carbonyl (C=O) groups excluding carboxylic acids is 2. The first-order valence-corrected chi connectivity index (χ1v) is 12.1. The van der Waals surface area contributed by atoms with Gasteiger partial charge < -0.3 is 9.80 Å². The zero-order valence-corrected chi connectivity index (χ0v) is 20.4. The van der Waals surface area contributed by atoms with Crippen LogP contribution < -0.4 is 0 Å². The molecule has 172 valence electrons. The topological polar surface area (TPSA) is 53.5 Å². The van der Waals surface area contributed by atoms with Crippen molar-refractivity contribution in [2.75, 3.05) is 19.6 Å². The molecule has 0 saturated carbocycles. The average molecular weight is 484 g/mol. The number of aryl methyl sites for hydroxylation is 1. The minimum atomic E-state index is -0.00269. The number of carbonyl (C=O) groups is 2. The van der Waals surface area contributed by atoms with Gasteiger partial charge in [-0.05, 0) is 44.0 Å². The Bertz CT molecular complexity index is 1210. The van der Waals surface area contributed by atoms with Crippen LogP contribution in [-0.2, 0) is 24.2 Å². The molecule has 0 fully saturated rings. The average Bonchev–Trinajstić information content (AvgIpc) is 2.82. The molecule has 0 unspecified atom stereocenters. The van der Waals surface area contributed by atoms with Gasteiger partial charge in [0.2, 0.25) is 5.91 Å². The fourth-order valence-corrected chi connectivity index (χ4v) is 4.94. The molecule has 0 aliphatic carbocycles. The molecule has 33 heavy (non-hydrogen) atoms. The van der Waals surface area contributed by atoms with Crippen molar-refractivity contribution in [2.45, 2.75) is 39.7 Å². The van der Waals surface area contributed by atoms with Crippen molar-refractivity contribution in [3.8, 4) is 0 Å². The third-order valence-electron chi connectivity index (χ3n) is 6.29. The van der Waals surface area contributed by atoms with Crippen molar-refractivity contribution in [2.24, 2.45) is 0 Å². The van der Waals surface area contributed by atoms with E-state index in [0.717, 1.165) is 27.7 Å². The number of aromatic nitrogens is 1. The van der Waals surface area contributed by atoms with Crippen LogP contribution in [0.5, 0.6) is 0 Å². The van der Waals surface area contributed by atoms with Crippen LogP contribution in [0, 0.1) is 0 Å². The second kappa shape index (κ2) is 10.1. The zero-order chi connectivity index (χ0) is 23.5. The Hall–Kier alpha value is -2.63. The first kappa shape index (κ1) is 23.5. The lowest BCUT2D eigenvalue weighted by Gasteiger charge is -2.31. The van der Waals surface area contributed by atoms with Crippen LogP contribution in [0.2, 0.25) is 10.0 Å². The SMILES string of the molecule is CCN(CC)C(=O)c1c2c(nc3ccccc13)CCN(C(=O)CCc1ccc(Cl)cc1Cl)C2. The molecule has 0 radical (unpaired) electrons. The summed E-state index contributed by atoms with van der Waals surface area (Å²) in [6.07, 6.45) is 1.52. The van der Waals surface area contributed by atoms with E-state index in [1.54, 1.807) is 12.1 Å². The summed E-state index contributed by atoms with van der Waals surface area (Å²) in [5.74, 6) is 0.0400. The number of amides is 2. The summed E-state index contributed by atoms with van der Waals surface area (Å²) in [4.78, 5) is 35.1. The van der Waals surface area contributed by atoms with Crippen molar-refractivity contribution in [1.82, 2.24) is 14.8 Å². The Labute approximate surface area is 204 Å². The van der Waals surface area contributed by atoms with E-state index in [1.807, 2.05) is 54.0 Å². The molecule has 2 heterocycles. The van der Waals surface area contributed by atoms with Gasteiger partial charge >= 0.3 is 0 Å². The Morgan fingerprint density at radius 3 is 2.58 bits per heavy atom. The molecule has 0 atom stereocenters. The van der Waals surface area contributed by atoms with E-state index in [0.29, 0.717) is 61.1 Å². The number of hydrogen-bond acceptors (Lipinski definition) is 3. The van der Waals surface area contributed by atoms with Gasteiger partial charge in [0.25, 0.3) is 5.91 Å². The molecule has 3 aromatic rings. The molecule has 1 aliphatic heterocycles. The highest BCUT2D eigenvalue weighted by molar-refractivity contribution is 6.35. The lowest BCUT2D eigenvalue weighted by molar-refractivity contribution is -0.132. The number of benzene rings is 2. The summed E-state index contributed by atoms with van der Waals surface area (Å²) >= 11 is 12.3. The largest absolute Gasteiger partial charge is 0.339 e. The lowest BCUT2D eigenvalue weighted by Crippen LogP contribution is -2.39. The summed E-state index contributed by atoms with van der Waals surface area (Å²) in [5, 5.41) is 1.99. The van der Waals surface area contributed by atoms with Crippen molar-refractivity contribution in [1.29, 1.82) is 0 Å². The highest BCUT2D eigenvalue weighted by atomic mass is 35.5. The number of pyridine rings is 1. The second-order valence-corrected chi connectivity index (χ2v) is 9.05. The van der Waals surface area contributed by atoms with Gasteiger partial charge in [-0.1, -0.05) is 47.5 Å². The minimum Gasteiger partial charge on any atom is -0.339 e. The quantitative estimate of drug-likeness (QED) is 0.462. The maximum Gasteiger partial charge on any atom is 0.254 e. The number of rotatable bonds is 6. The number of para-hydroxylation sites is 1. The molecule has 0 N–H and O–H groups in total. The third-order valence-corrected chi connectivity index (χ3v) is 6.87. The smallest absolute Gasteiger partial charge is 0.254 e. The summed E-state index contributed by atoms with van der Waals surface area (Å²) in [7, 11) is 0. The summed E-state index contributed by atoms with van der Waals surface area (Å²) in [6.45, 7) is 6.20. The third kappa shape index (κ3) is 4.85. The normalized spacial score (nSPS) is 13.2. The first-order valence-electron chi connectivity index (χ1n) is 11.3. The van der Waals surface area contributed by atoms with Crippen molar-refractivity contribution >= 4 is 45.9 Å². The van der Waals surface area contributed by atoms with Crippen LogP contribution in [0.1, 0.15) is 47.4 Å². The van der Waals surface area contributed by atoms with Crippen molar-refractivity contribution in [3.05, 3.63) is 74.9 Å². The van der Waals surface area contributed by atoms with Gasteiger partial charge in [-0.2, -0.15) is 0 Å².